The lowest BCUT2D eigenvalue weighted by molar-refractivity contribution is -0.166. The number of carbonyl (C=O) groups is 3. The second kappa shape index (κ2) is 65.0. The van der Waals surface area contributed by atoms with Crippen molar-refractivity contribution in [2.75, 3.05) is 13.2 Å². The molecule has 0 saturated heterocycles. The fourth-order valence-electron chi connectivity index (χ4n) is 7.89. The first-order valence-corrected chi connectivity index (χ1v) is 31.3. The van der Waals surface area contributed by atoms with Crippen LogP contribution in [0.1, 0.15) is 239 Å². The number of hydrogen-bond donors (Lipinski definition) is 0. The molecule has 1 unspecified atom stereocenters. The number of hydrogen-bond acceptors (Lipinski definition) is 6. The Hall–Kier alpha value is -5.49. The van der Waals surface area contributed by atoms with Crippen molar-refractivity contribution in [1.82, 2.24) is 0 Å². The summed E-state index contributed by atoms with van der Waals surface area (Å²) in [6.07, 6.45) is 98.1. The van der Waals surface area contributed by atoms with E-state index >= 15 is 0 Å². The molecule has 0 spiro atoms. The largest absolute Gasteiger partial charge is 0.462 e. The summed E-state index contributed by atoms with van der Waals surface area (Å²) in [4.78, 5) is 38.1. The van der Waals surface area contributed by atoms with Crippen molar-refractivity contribution in [3.8, 4) is 0 Å². The average Bonchev–Trinajstić information content (AvgIpc) is 3.45. The highest BCUT2D eigenvalue weighted by atomic mass is 16.6. The molecule has 0 aromatic carbocycles. The van der Waals surface area contributed by atoms with Crippen LogP contribution in [0.15, 0.2) is 182 Å². The fourth-order valence-corrected chi connectivity index (χ4v) is 7.89. The Kier molecular flexibility index (Phi) is 60.5. The molecule has 0 rings (SSSR count). The van der Waals surface area contributed by atoms with Gasteiger partial charge in [0, 0.05) is 12.8 Å². The average molecular weight is 1090 g/mol. The second-order valence-electron chi connectivity index (χ2n) is 19.8. The van der Waals surface area contributed by atoms with Crippen molar-refractivity contribution in [1.29, 1.82) is 0 Å². The molecule has 440 valence electrons. The van der Waals surface area contributed by atoms with Crippen LogP contribution >= 0.6 is 0 Å². The van der Waals surface area contributed by atoms with Crippen LogP contribution in [0.2, 0.25) is 0 Å². The molecule has 0 N–H and O–H groups in total. The van der Waals surface area contributed by atoms with Gasteiger partial charge >= 0.3 is 17.9 Å². The molecule has 0 radical (unpaired) electrons. The summed E-state index contributed by atoms with van der Waals surface area (Å²) in [5, 5.41) is 0. The van der Waals surface area contributed by atoms with Crippen molar-refractivity contribution in [2.45, 2.75) is 245 Å². The molecular formula is C73H112O6. The lowest BCUT2D eigenvalue weighted by atomic mass is 10.0. The van der Waals surface area contributed by atoms with E-state index in [-0.39, 0.29) is 38.0 Å². The number of rotatable bonds is 54. The van der Waals surface area contributed by atoms with E-state index in [0.717, 1.165) is 109 Å². The lowest BCUT2D eigenvalue weighted by Gasteiger charge is -2.18. The van der Waals surface area contributed by atoms with Crippen LogP contribution in [0.3, 0.4) is 0 Å². The monoisotopic (exact) mass is 1080 g/mol. The number of ether oxygens (including phenoxy) is 3. The van der Waals surface area contributed by atoms with Crippen LogP contribution in [0, 0.1) is 0 Å². The highest BCUT2D eigenvalue weighted by Gasteiger charge is 2.19. The molecule has 0 aliphatic carbocycles. The normalized spacial score (nSPS) is 13.4. The van der Waals surface area contributed by atoms with Gasteiger partial charge in [0.25, 0.3) is 0 Å². The zero-order valence-corrected chi connectivity index (χ0v) is 50.3. The summed E-state index contributed by atoms with van der Waals surface area (Å²) in [5.74, 6) is -1.17. The van der Waals surface area contributed by atoms with E-state index in [1.54, 1.807) is 6.08 Å². The van der Waals surface area contributed by atoms with Crippen LogP contribution in [0.25, 0.3) is 0 Å². The van der Waals surface area contributed by atoms with Gasteiger partial charge in [-0.15, -0.1) is 0 Å². The molecule has 0 amide bonds. The van der Waals surface area contributed by atoms with Gasteiger partial charge in [-0.2, -0.15) is 0 Å². The van der Waals surface area contributed by atoms with Gasteiger partial charge in [-0.05, 0) is 122 Å². The van der Waals surface area contributed by atoms with Gasteiger partial charge < -0.3 is 14.2 Å². The SMILES string of the molecule is CC/C=C\C/C=C\C/C=C\C/C=C\C/C=C\C/C=C\CCCCCCCCCCCCCCCCC(=O)OCC(COC(=O)CC/C=C\C/C=C\C/C=C\C/C=C\CC)OC(=O)C/C=C\C/C=C\C/C=C\C/C=C\C/C=C\CC. The standard InChI is InChI=1S/C73H112O6/c1-4-7-10-13-16-19-22-25-27-28-29-30-31-32-33-34-35-36-37-38-39-40-41-42-43-44-46-48-51-54-57-60-63-66-72(75)78-69-70(68-77-71(74)65-62-59-56-53-50-47-24-21-18-15-12-9-6-3)79-73(76)67-64-61-58-55-52-49-45-26-23-20-17-14-11-8-5-2/h7-12,16-21,25-27,29-30,32-33,35-36,45,47,50,52,55-56,59,61,64,70H,4-6,13-15,22-24,28,31,34,37-44,46,48-49,51,53-54,57-58,60,62-63,65-69H2,1-3H3/b10-7-,11-8-,12-9-,19-16-,20-17-,21-18-,27-25-,30-29-,33-32-,36-35-,45-26-,50-47-,55-52-,59-56-,64-61-. The third kappa shape index (κ3) is 63.2. The minimum Gasteiger partial charge on any atom is -0.462 e. The zero-order valence-electron chi connectivity index (χ0n) is 50.3. The van der Waals surface area contributed by atoms with Gasteiger partial charge in [-0.3, -0.25) is 14.4 Å². The van der Waals surface area contributed by atoms with Crippen molar-refractivity contribution >= 4 is 17.9 Å². The van der Waals surface area contributed by atoms with Gasteiger partial charge in [-0.1, -0.05) is 280 Å². The second-order valence-corrected chi connectivity index (χ2v) is 19.8. The first kappa shape index (κ1) is 73.5. The smallest absolute Gasteiger partial charge is 0.310 e. The van der Waals surface area contributed by atoms with Gasteiger partial charge in [0.2, 0.25) is 0 Å². The molecule has 0 aromatic rings. The van der Waals surface area contributed by atoms with E-state index in [2.05, 4.69) is 179 Å². The Morgan fingerprint density at radius 2 is 0.519 bits per heavy atom. The Morgan fingerprint density at radius 3 is 0.848 bits per heavy atom. The Labute approximate surface area is 484 Å². The molecule has 1 atom stereocenters. The summed E-state index contributed by atoms with van der Waals surface area (Å²) < 4.78 is 16.7. The van der Waals surface area contributed by atoms with Crippen molar-refractivity contribution in [3.63, 3.8) is 0 Å². The van der Waals surface area contributed by atoms with Gasteiger partial charge in [-0.25, -0.2) is 0 Å². The first-order valence-electron chi connectivity index (χ1n) is 31.3. The third-order valence-electron chi connectivity index (χ3n) is 12.4. The Morgan fingerprint density at radius 1 is 0.266 bits per heavy atom. The maximum Gasteiger partial charge on any atom is 0.310 e. The minimum absolute atomic E-state index is 0.0745. The molecule has 0 fully saturated rings. The topological polar surface area (TPSA) is 78.9 Å². The first-order chi connectivity index (χ1) is 39.0. The highest BCUT2D eigenvalue weighted by Crippen LogP contribution is 2.15. The van der Waals surface area contributed by atoms with E-state index < -0.39 is 12.1 Å². The fraction of sp³-hybridized carbons (Fsp3) is 0.548. The lowest BCUT2D eigenvalue weighted by Crippen LogP contribution is -2.30. The summed E-state index contributed by atoms with van der Waals surface area (Å²) in [7, 11) is 0. The van der Waals surface area contributed by atoms with Crippen LogP contribution in [0.4, 0.5) is 0 Å². The number of unbranched alkanes of at least 4 members (excludes halogenated alkanes) is 14. The molecule has 6 nitrogen and oxygen atoms in total. The summed E-state index contributed by atoms with van der Waals surface area (Å²) in [6, 6.07) is 0. The maximum absolute atomic E-state index is 12.8. The van der Waals surface area contributed by atoms with Crippen LogP contribution in [0.5, 0.6) is 0 Å². The molecule has 0 aliphatic heterocycles. The van der Waals surface area contributed by atoms with Gasteiger partial charge in [0.15, 0.2) is 6.10 Å². The molecular weight excluding hydrogens is 973 g/mol. The third-order valence-corrected chi connectivity index (χ3v) is 12.4. The van der Waals surface area contributed by atoms with E-state index in [1.807, 2.05) is 18.2 Å². The Bertz CT molecular complexity index is 1870. The zero-order chi connectivity index (χ0) is 57.1. The van der Waals surface area contributed by atoms with Crippen LogP contribution < -0.4 is 0 Å². The summed E-state index contributed by atoms with van der Waals surface area (Å²) >= 11 is 0. The van der Waals surface area contributed by atoms with Crippen LogP contribution in [-0.4, -0.2) is 37.2 Å². The van der Waals surface area contributed by atoms with Crippen molar-refractivity contribution in [2.24, 2.45) is 0 Å². The molecule has 0 aromatic heterocycles. The van der Waals surface area contributed by atoms with Crippen LogP contribution in [-0.2, 0) is 28.6 Å². The maximum atomic E-state index is 12.8. The summed E-state index contributed by atoms with van der Waals surface area (Å²) in [5.41, 5.74) is 0. The minimum atomic E-state index is -0.870. The highest BCUT2D eigenvalue weighted by molar-refractivity contribution is 5.72. The molecule has 6 heteroatoms. The molecule has 0 heterocycles. The van der Waals surface area contributed by atoms with Gasteiger partial charge in [0.1, 0.15) is 13.2 Å². The number of esters is 3. The predicted molar refractivity (Wildman–Crippen MR) is 343 cm³/mol. The van der Waals surface area contributed by atoms with Crippen molar-refractivity contribution in [3.05, 3.63) is 182 Å². The van der Waals surface area contributed by atoms with Gasteiger partial charge in [0.05, 0.1) is 6.42 Å². The Balaban J connectivity index is 4.32. The number of carbonyl (C=O) groups excluding carboxylic acids is 3. The van der Waals surface area contributed by atoms with Crippen molar-refractivity contribution < 1.29 is 28.6 Å². The molecule has 79 heavy (non-hydrogen) atoms. The molecule has 0 bridgehead atoms. The quantitative estimate of drug-likeness (QED) is 0.0261. The van der Waals surface area contributed by atoms with E-state index in [1.165, 1.54) is 77.0 Å². The number of allylic oxidation sites excluding steroid dienone is 29. The molecule has 0 saturated carbocycles. The predicted octanol–water partition coefficient (Wildman–Crippen LogP) is 21.7. The van der Waals surface area contributed by atoms with E-state index in [4.69, 9.17) is 14.2 Å². The van der Waals surface area contributed by atoms with E-state index in [0.29, 0.717) is 19.3 Å². The summed E-state index contributed by atoms with van der Waals surface area (Å²) in [6.45, 7) is 6.13. The van der Waals surface area contributed by atoms with E-state index in [9.17, 15) is 14.4 Å². The molecule has 0 aliphatic rings.